The molecule has 122 valence electrons. The Balaban J connectivity index is 1.46. The summed E-state index contributed by atoms with van der Waals surface area (Å²) in [5, 5.41) is 3.21. The molecule has 2 fully saturated rings. The molecule has 1 atom stereocenters. The lowest BCUT2D eigenvalue weighted by atomic mass is 9.80. The zero-order valence-electron chi connectivity index (χ0n) is 13.4. The Morgan fingerprint density at radius 3 is 3.05 bits per heavy atom. The average molecular weight is 322 g/mol. The molecule has 4 nitrogen and oxygen atoms in total. The lowest BCUT2D eigenvalue weighted by Gasteiger charge is -2.39. The topological polar surface area (TPSA) is 42.4 Å². The lowest BCUT2D eigenvalue weighted by molar-refractivity contribution is -0.141. The molecule has 2 heterocycles. The Kier molecular flexibility index (Phi) is 5.47. The normalized spacial score (nSPS) is 22.6. The minimum atomic E-state index is 0.305. The molecule has 1 aromatic heterocycles. The van der Waals surface area contributed by atoms with E-state index in [1.54, 1.807) is 11.3 Å². The molecule has 1 aliphatic heterocycles. The van der Waals surface area contributed by atoms with Gasteiger partial charge in [0.15, 0.2) is 0 Å². The molecule has 2 aliphatic rings. The molecule has 1 aliphatic carbocycles. The molecule has 0 aromatic carbocycles. The summed E-state index contributed by atoms with van der Waals surface area (Å²) in [6.45, 7) is 4.22. The van der Waals surface area contributed by atoms with Crippen LogP contribution in [-0.2, 0) is 16.0 Å². The third kappa shape index (κ3) is 4.07. The summed E-state index contributed by atoms with van der Waals surface area (Å²) in [5.74, 6) is 1.12. The summed E-state index contributed by atoms with van der Waals surface area (Å²) in [4.78, 5) is 19.1. The van der Waals surface area contributed by atoms with Gasteiger partial charge in [-0.05, 0) is 32.1 Å². The Morgan fingerprint density at radius 1 is 1.50 bits per heavy atom. The summed E-state index contributed by atoms with van der Waals surface area (Å²) in [6.07, 6.45) is 7.61. The third-order valence-electron chi connectivity index (χ3n) is 4.87. The molecule has 0 spiro atoms. The summed E-state index contributed by atoms with van der Waals surface area (Å²) in [6, 6.07) is 0.313. The first-order valence-electron chi connectivity index (χ1n) is 8.50. The lowest BCUT2D eigenvalue weighted by Crippen LogP contribution is -2.49. The number of morpholine rings is 1. The summed E-state index contributed by atoms with van der Waals surface area (Å²) in [5.41, 5.74) is 1.13. The average Bonchev–Trinajstić information content (AvgIpc) is 2.89. The number of amides is 1. The van der Waals surface area contributed by atoms with E-state index in [1.807, 2.05) is 6.92 Å². The van der Waals surface area contributed by atoms with Gasteiger partial charge < -0.3 is 9.64 Å². The van der Waals surface area contributed by atoms with Gasteiger partial charge in [0, 0.05) is 18.3 Å². The van der Waals surface area contributed by atoms with Crippen molar-refractivity contribution >= 4 is 17.2 Å². The maximum Gasteiger partial charge on any atom is 0.222 e. The predicted octanol–water partition coefficient (Wildman–Crippen LogP) is 3.19. The Morgan fingerprint density at radius 2 is 2.36 bits per heavy atom. The van der Waals surface area contributed by atoms with Crippen molar-refractivity contribution in [1.82, 2.24) is 9.88 Å². The molecular formula is C17H26N2O2S. The van der Waals surface area contributed by atoms with E-state index in [0.717, 1.165) is 49.0 Å². The maximum absolute atomic E-state index is 12.5. The molecule has 22 heavy (non-hydrogen) atoms. The number of carbonyl (C=O) groups excluding carboxylic acids is 1. The van der Waals surface area contributed by atoms with Crippen LogP contribution in [0.3, 0.4) is 0 Å². The van der Waals surface area contributed by atoms with Gasteiger partial charge in [-0.3, -0.25) is 4.79 Å². The minimum absolute atomic E-state index is 0.305. The molecule has 1 amide bonds. The fraction of sp³-hybridized carbons (Fsp3) is 0.765. The van der Waals surface area contributed by atoms with Gasteiger partial charge in [0.1, 0.15) is 0 Å². The number of nitrogens with zero attached hydrogens (tertiary/aromatic N) is 2. The highest BCUT2D eigenvalue weighted by Gasteiger charge is 2.30. The highest BCUT2D eigenvalue weighted by Crippen LogP contribution is 2.32. The molecule has 0 N–H and O–H groups in total. The van der Waals surface area contributed by atoms with Crippen molar-refractivity contribution in [2.75, 3.05) is 19.8 Å². The number of thiazole rings is 1. The molecule has 0 radical (unpaired) electrons. The van der Waals surface area contributed by atoms with Crippen LogP contribution in [0, 0.1) is 12.8 Å². The van der Waals surface area contributed by atoms with Crippen LogP contribution >= 0.6 is 11.3 Å². The number of rotatable bonds is 6. The Labute approximate surface area is 136 Å². The first kappa shape index (κ1) is 15.9. The van der Waals surface area contributed by atoms with Crippen LogP contribution in [0.4, 0.5) is 0 Å². The van der Waals surface area contributed by atoms with E-state index >= 15 is 0 Å². The van der Waals surface area contributed by atoms with Gasteiger partial charge in [0.05, 0.1) is 30.0 Å². The Hall–Kier alpha value is -0.940. The summed E-state index contributed by atoms with van der Waals surface area (Å²) >= 11 is 1.68. The number of carbonyl (C=O) groups is 1. The maximum atomic E-state index is 12.5. The number of hydrogen-bond donors (Lipinski definition) is 0. The van der Waals surface area contributed by atoms with Gasteiger partial charge in [-0.1, -0.05) is 19.3 Å². The van der Waals surface area contributed by atoms with Crippen molar-refractivity contribution in [3.63, 3.8) is 0 Å². The summed E-state index contributed by atoms with van der Waals surface area (Å²) in [7, 11) is 0. The predicted molar refractivity (Wildman–Crippen MR) is 88.1 cm³/mol. The van der Waals surface area contributed by atoms with E-state index < -0.39 is 0 Å². The van der Waals surface area contributed by atoms with Crippen LogP contribution in [-0.4, -0.2) is 41.6 Å². The van der Waals surface area contributed by atoms with E-state index in [0.29, 0.717) is 25.0 Å². The zero-order valence-corrected chi connectivity index (χ0v) is 14.2. The fourth-order valence-corrected chi connectivity index (χ4v) is 4.03. The van der Waals surface area contributed by atoms with E-state index in [-0.39, 0.29) is 0 Å². The first-order valence-corrected chi connectivity index (χ1v) is 9.38. The van der Waals surface area contributed by atoms with Crippen molar-refractivity contribution < 1.29 is 9.53 Å². The van der Waals surface area contributed by atoms with Crippen molar-refractivity contribution in [2.24, 2.45) is 5.92 Å². The second kappa shape index (κ2) is 7.55. The first-order chi connectivity index (χ1) is 10.7. The van der Waals surface area contributed by atoms with Crippen molar-refractivity contribution in [2.45, 2.75) is 57.9 Å². The van der Waals surface area contributed by atoms with Gasteiger partial charge in [0.2, 0.25) is 5.91 Å². The van der Waals surface area contributed by atoms with Crippen LogP contribution in [0.5, 0.6) is 0 Å². The smallest absolute Gasteiger partial charge is 0.222 e. The number of hydrogen-bond acceptors (Lipinski definition) is 4. The molecule has 1 unspecified atom stereocenters. The molecule has 0 bridgehead atoms. The van der Waals surface area contributed by atoms with Crippen LogP contribution < -0.4 is 0 Å². The third-order valence-corrected chi connectivity index (χ3v) is 5.69. The van der Waals surface area contributed by atoms with Gasteiger partial charge in [-0.25, -0.2) is 4.98 Å². The van der Waals surface area contributed by atoms with E-state index in [9.17, 15) is 4.79 Å². The van der Waals surface area contributed by atoms with Crippen molar-refractivity contribution in [1.29, 1.82) is 0 Å². The van der Waals surface area contributed by atoms with E-state index in [4.69, 9.17) is 4.74 Å². The van der Waals surface area contributed by atoms with Gasteiger partial charge in [0.25, 0.3) is 0 Å². The molecule has 3 rings (SSSR count). The van der Waals surface area contributed by atoms with Crippen LogP contribution in [0.2, 0.25) is 0 Å². The molecular weight excluding hydrogens is 296 g/mol. The quantitative estimate of drug-likeness (QED) is 0.808. The number of ether oxygens (including phenoxy) is 1. The monoisotopic (exact) mass is 322 g/mol. The van der Waals surface area contributed by atoms with Crippen molar-refractivity contribution in [3.05, 3.63) is 16.1 Å². The highest BCUT2D eigenvalue weighted by molar-refractivity contribution is 7.09. The van der Waals surface area contributed by atoms with Crippen molar-refractivity contribution in [3.8, 4) is 0 Å². The van der Waals surface area contributed by atoms with Gasteiger partial charge in [-0.15, -0.1) is 11.3 Å². The van der Waals surface area contributed by atoms with Gasteiger partial charge in [-0.2, -0.15) is 0 Å². The Bertz CT molecular complexity index is 499. The summed E-state index contributed by atoms with van der Waals surface area (Å²) < 4.78 is 5.61. The fourth-order valence-electron chi connectivity index (χ4n) is 3.38. The zero-order chi connectivity index (χ0) is 15.4. The van der Waals surface area contributed by atoms with Crippen LogP contribution in [0.25, 0.3) is 0 Å². The second-order valence-electron chi connectivity index (χ2n) is 6.56. The largest absolute Gasteiger partial charge is 0.377 e. The molecule has 1 saturated carbocycles. The van der Waals surface area contributed by atoms with Crippen LogP contribution in [0.15, 0.2) is 5.38 Å². The minimum Gasteiger partial charge on any atom is -0.377 e. The SMILES string of the molecule is Cc1nc(CCCC(=O)N2CCOCC2CC2CCC2)cs1. The highest BCUT2D eigenvalue weighted by atomic mass is 32.1. The van der Waals surface area contributed by atoms with E-state index in [1.165, 1.54) is 19.3 Å². The number of aryl methyl sites for hydroxylation is 2. The molecule has 1 saturated heterocycles. The van der Waals surface area contributed by atoms with Gasteiger partial charge >= 0.3 is 0 Å². The molecule has 5 heteroatoms. The van der Waals surface area contributed by atoms with E-state index in [2.05, 4.69) is 15.3 Å². The van der Waals surface area contributed by atoms with Crippen LogP contribution in [0.1, 0.15) is 49.2 Å². The second-order valence-corrected chi connectivity index (χ2v) is 7.62. The standard InChI is InChI=1S/C17H26N2O2S/c1-13-18-15(12-22-13)6-3-7-17(20)19-8-9-21-11-16(19)10-14-4-2-5-14/h12,14,16H,2-11H2,1H3. The molecule has 1 aromatic rings. The number of aromatic nitrogens is 1.